The van der Waals surface area contributed by atoms with E-state index in [2.05, 4.69) is 34.6 Å². The Labute approximate surface area is 165 Å². The molecule has 1 N–H and O–H groups in total. The maximum Gasteiger partial charge on any atom is 0.0614 e. The van der Waals surface area contributed by atoms with E-state index in [-0.39, 0.29) is 6.61 Å². The van der Waals surface area contributed by atoms with Crippen LogP contribution in [0.1, 0.15) is 106 Å². The third-order valence-electron chi connectivity index (χ3n) is 4.99. The molecule has 0 amide bonds. The van der Waals surface area contributed by atoms with Crippen molar-refractivity contribution >= 4 is 0 Å². The van der Waals surface area contributed by atoms with Crippen molar-refractivity contribution in [3.63, 3.8) is 0 Å². The fourth-order valence-corrected chi connectivity index (χ4v) is 3.17. The Kier molecular flexibility index (Phi) is 22.5. The van der Waals surface area contributed by atoms with E-state index in [0.29, 0.717) is 0 Å². The van der Waals surface area contributed by atoms with Crippen LogP contribution in [0.4, 0.5) is 0 Å². The molecule has 0 heterocycles. The van der Waals surface area contributed by atoms with Crippen LogP contribution in [0.25, 0.3) is 0 Å². The van der Waals surface area contributed by atoms with Crippen LogP contribution >= 0.6 is 0 Å². The van der Waals surface area contributed by atoms with Crippen molar-refractivity contribution in [2.45, 2.75) is 106 Å². The lowest BCUT2D eigenvalue weighted by molar-refractivity contribution is 0.162. The Bertz CT molecular complexity index is 295. The van der Waals surface area contributed by atoms with E-state index in [9.17, 15) is 0 Å². The van der Waals surface area contributed by atoms with Crippen molar-refractivity contribution in [2.75, 3.05) is 19.8 Å². The predicted molar refractivity (Wildman–Crippen MR) is 118 cm³/mol. The van der Waals surface area contributed by atoms with Gasteiger partial charge in [-0.15, -0.1) is 0 Å². The molecule has 0 saturated heterocycles. The second-order valence-corrected chi connectivity index (χ2v) is 8.37. The molecule has 0 fully saturated rings. The molecule has 0 aromatic heterocycles. The van der Waals surface area contributed by atoms with Crippen LogP contribution in [0.15, 0.2) is 11.6 Å². The molecule has 0 spiro atoms. The summed E-state index contributed by atoms with van der Waals surface area (Å²) in [6.45, 7) is 17.5. The van der Waals surface area contributed by atoms with Gasteiger partial charge >= 0.3 is 0 Å². The summed E-state index contributed by atoms with van der Waals surface area (Å²) < 4.78 is 4.83. The third-order valence-corrected chi connectivity index (χ3v) is 4.99. The van der Waals surface area contributed by atoms with Gasteiger partial charge in [0.2, 0.25) is 0 Å². The topological polar surface area (TPSA) is 29.5 Å². The van der Waals surface area contributed by atoms with Crippen LogP contribution in [0.3, 0.4) is 0 Å². The molecular weight excluding hydrogens is 320 g/mol. The fraction of sp³-hybridized carbons (Fsp3) is 0.917. The molecule has 2 nitrogen and oxygen atoms in total. The molecule has 2 atom stereocenters. The van der Waals surface area contributed by atoms with Gasteiger partial charge in [0.15, 0.2) is 0 Å². The number of hydrogen-bond donors (Lipinski definition) is 1. The zero-order chi connectivity index (χ0) is 20.2. The normalized spacial score (nSPS) is 14.1. The summed E-state index contributed by atoms with van der Waals surface area (Å²) in [5, 5.41) is 8.83. The van der Waals surface area contributed by atoms with Crippen molar-refractivity contribution in [3.8, 4) is 0 Å². The van der Waals surface area contributed by atoms with Gasteiger partial charge in [0.1, 0.15) is 0 Å². The molecule has 0 aliphatic rings. The average Bonchev–Trinajstić information content (AvgIpc) is 2.56. The summed E-state index contributed by atoms with van der Waals surface area (Å²) in [5.74, 6) is 2.63. The van der Waals surface area contributed by atoms with Crippen LogP contribution in [-0.4, -0.2) is 24.9 Å². The first-order valence-corrected chi connectivity index (χ1v) is 11.2. The lowest BCUT2D eigenvalue weighted by atomic mass is 9.91. The quantitative estimate of drug-likeness (QED) is 0.304. The summed E-state index contributed by atoms with van der Waals surface area (Å²) >= 11 is 0. The Balaban J connectivity index is 0. The van der Waals surface area contributed by atoms with Gasteiger partial charge in [0, 0.05) is 13.2 Å². The number of hydrogen-bond acceptors (Lipinski definition) is 2. The molecule has 26 heavy (non-hydrogen) atoms. The number of aliphatic hydroxyl groups is 1. The number of aliphatic hydroxyl groups excluding tert-OH is 1. The van der Waals surface area contributed by atoms with Crippen LogP contribution in [-0.2, 0) is 4.74 Å². The second kappa shape index (κ2) is 21.0. The first-order valence-electron chi connectivity index (χ1n) is 11.2. The number of allylic oxidation sites excluding steroid dienone is 1. The van der Waals surface area contributed by atoms with Gasteiger partial charge in [-0.1, -0.05) is 84.3 Å². The molecule has 0 aliphatic heterocycles. The predicted octanol–water partition coefficient (Wildman–Crippen LogP) is 7.41. The van der Waals surface area contributed by atoms with Crippen molar-refractivity contribution in [2.24, 2.45) is 17.8 Å². The molecule has 0 aromatic carbocycles. The van der Waals surface area contributed by atoms with E-state index < -0.39 is 0 Å². The highest BCUT2D eigenvalue weighted by Crippen LogP contribution is 2.21. The van der Waals surface area contributed by atoms with Crippen molar-refractivity contribution < 1.29 is 9.84 Å². The molecule has 2 heteroatoms. The summed E-state index contributed by atoms with van der Waals surface area (Å²) in [6.07, 6.45) is 14.1. The van der Waals surface area contributed by atoms with Gasteiger partial charge in [0.25, 0.3) is 0 Å². The van der Waals surface area contributed by atoms with Crippen LogP contribution in [0, 0.1) is 17.8 Å². The molecule has 0 rings (SSSR count). The van der Waals surface area contributed by atoms with Gasteiger partial charge in [-0.25, -0.2) is 0 Å². The monoisotopic (exact) mass is 370 g/mol. The molecule has 0 radical (unpaired) electrons. The molecule has 0 bridgehead atoms. The average molecular weight is 371 g/mol. The van der Waals surface area contributed by atoms with E-state index in [1.807, 2.05) is 19.9 Å². The van der Waals surface area contributed by atoms with Crippen molar-refractivity contribution in [1.82, 2.24) is 0 Å². The molecule has 0 aromatic rings. The van der Waals surface area contributed by atoms with Crippen LogP contribution in [0.5, 0.6) is 0 Å². The van der Waals surface area contributed by atoms with Gasteiger partial charge in [0.05, 0.1) is 6.61 Å². The Morgan fingerprint density at radius 3 is 1.65 bits per heavy atom. The highest BCUT2D eigenvalue weighted by Gasteiger charge is 2.06. The van der Waals surface area contributed by atoms with E-state index in [4.69, 9.17) is 9.84 Å². The van der Waals surface area contributed by atoms with Crippen LogP contribution in [0.2, 0.25) is 0 Å². The maximum absolute atomic E-state index is 8.83. The first kappa shape index (κ1) is 27.9. The molecule has 0 aliphatic carbocycles. The summed E-state index contributed by atoms with van der Waals surface area (Å²) in [5.41, 5.74) is 1.34. The maximum atomic E-state index is 8.83. The first-order chi connectivity index (χ1) is 12.4. The summed E-state index contributed by atoms with van der Waals surface area (Å²) in [4.78, 5) is 0. The highest BCUT2D eigenvalue weighted by molar-refractivity contribution is 4.97. The highest BCUT2D eigenvalue weighted by atomic mass is 16.5. The molecular formula is C24H50O2. The minimum absolute atomic E-state index is 0.191. The van der Waals surface area contributed by atoms with Crippen molar-refractivity contribution in [1.29, 1.82) is 0 Å². The Morgan fingerprint density at radius 1 is 0.808 bits per heavy atom. The van der Waals surface area contributed by atoms with Crippen molar-refractivity contribution in [3.05, 3.63) is 11.6 Å². The molecule has 0 unspecified atom stereocenters. The summed E-state index contributed by atoms with van der Waals surface area (Å²) in [6, 6.07) is 0. The van der Waals surface area contributed by atoms with Gasteiger partial charge in [-0.05, 0) is 51.4 Å². The van der Waals surface area contributed by atoms with Gasteiger partial charge in [-0.2, -0.15) is 0 Å². The lowest BCUT2D eigenvalue weighted by Crippen LogP contribution is -2.00. The summed E-state index contributed by atoms with van der Waals surface area (Å²) in [7, 11) is 0. The minimum atomic E-state index is 0.191. The zero-order valence-electron chi connectivity index (χ0n) is 19.2. The van der Waals surface area contributed by atoms with Crippen LogP contribution < -0.4 is 0 Å². The van der Waals surface area contributed by atoms with E-state index in [1.165, 1.54) is 56.9 Å². The SMILES string of the molecule is C/C(=C\CO)CCC[C@H](C)CCC[C@H](C)CCCC(C)C.CCOCC. The Hall–Kier alpha value is -0.340. The third kappa shape index (κ3) is 23.7. The van der Waals surface area contributed by atoms with E-state index in [1.54, 1.807) is 0 Å². The smallest absolute Gasteiger partial charge is 0.0614 e. The standard InChI is InChI=1S/C20H40O.C4H10O/c1-17(2)9-6-10-18(3)11-7-12-19(4)13-8-14-20(5)15-16-21;1-3-5-4-2/h15,17-19,21H,6-14,16H2,1-5H3;3-4H2,1-2H3/b20-15+;/t18-,19-;/m1./s1. The largest absolute Gasteiger partial charge is 0.392 e. The zero-order valence-corrected chi connectivity index (χ0v) is 19.2. The van der Waals surface area contributed by atoms with Gasteiger partial charge in [-0.3, -0.25) is 0 Å². The van der Waals surface area contributed by atoms with E-state index in [0.717, 1.165) is 37.4 Å². The Morgan fingerprint density at radius 2 is 1.27 bits per heavy atom. The molecule has 158 valence electrons. The fourth-order valence-electron chi connectivity index (χ4n) is 3.17. The van der Waals surface area contributed by atoms with E-state index >= 15 is 0 Å². The molecule has 0 saturated carbocycles. The number of rotatable bonds is 15. The number of ether oxygens (including phenoxy) is 1. The second-order valence-electron chi connectivity index (χ2n) is 8.37. The lowest BCUT2D eigenvalue weighted by Gasteiger charge is -2.15. The minimum Gasteiger partial charge on any atom is -0.392 e. The van der Waals surface area contributed by atoms with Gasteiger partial charge < -0.3 is 9.84 Å².